The van der Waals surface area contributed by atoms with Gasteiger partial charge in [-0.25, -0.2) is 0 Å². The van der Waals surface area contributed by atoms with E-state index in [-0.39, 0.29) is 11.2 Å². The molecule has 2 fully saturated rings. The van der Waals surface area contributed by atoms with Gasteiger partial charge in [0, 0.05) is 12.6 Å². The van der Waals surface area contributed by atoms with Crippen molar-refractivity contribution in [3.05, 3.63) is 0 Å². The van der Waals surface area contributed by atoms with Crippen molar-refractivity contribution < 1.29 is 9.47 Å². The van der Waals surface area contributed by atoms with Gasteiger partial charge in [0.15, 0.2) is 0 Å². The Labute approximate surface area is 118 Å². The van der Waals surface area contributed by atoms with E-state index >= 15 is 0 Å². The molecule has 0 amide bonds. The van der Waals surface area contributed by atoms with E-state index in [1.807, 2.05) is 0 Å². The van der Waals surface area contributed by atoms with Gasteiger partial charge in [0.25, 0.3) is 0 Å². The van der Waals surface area contributed by atoms with Crippen molar-refractivity contribution in [2.45, 2.75) is 89.6 Å². The van der Waals surface area contributed by atoms with Crippen LogP contribution in [0.15, 0.2) is 0 Å². The first-order chi connectivity index (χ1) is 8.89. The molecule has 0 bridgehead atoms. The summed E-state index contributed by atoms with van der Waals surface area (Å²) in [6.07, 6.45) is 8.17. The topological polar surface area (TPSA) is 30.5 Å². The Hall–Kier alpha value is -0.120. The van der Waals surface area contributed by atoms with Crippen molar-refractivity contribution in [2.75, 3.05) is 13.2 Å². The Kier molecular flexibility index (Phi) is 4.91. The quantitative estimate of drug-likeness (QED) is 0.777. The molecule has 0 radical (unpaired) electrons. The van der Waals surface area contributed by atoms with E-state index in [4.69, 9.17) is 9.47 Å². The zero-order valence-corrected chi connectivity index (χ0v) is 13.1. The van der Waals surface area contributed by atoms with Gasteiger partial charge in [0.2, 0.25) is 0 Å². The Morgan fingerprint density at radius 2 is 1.79 bits per heavy atom. The molecule has 1 aliphatic heterocycles. The smallest absolute Gasteiger partial charge is 0.0787 e. The van der Waals surface area contributed by atoms with E-state index in [1.165, 1.54) is 32.1 Å². The predicted octanol–water partition coefficient (Wildman–Crippen LogP) is 3.27. The molecule has 0 spiro atoms. The molecule has 3 heteroatoms. The molecule has 1 saturated heterocycles. The molecule has 2 aliphatic rings. The van der Waals surface area contributed by atoms with Crippen LogP contribution in [0, 0.1) is 0 Å². The lowest BCUT2D eigenvalue weighted by Gasteiger charge is -2.28. The number of hydrogen-bond donors (Lipinski definition) is 1. The SMILES string of the molecule is CC1(C)CC(NCCOC2CCCCC2)C(C)(C)O1. The maximum atomic E-state index is 6.09. The Balaban J connectivity index is 1.65. The maximum Gasteiger partial charge on any atom is 0.0787 e. The summed E-state index contributed by atoms with van der Waals surface area (Å²) in [5.41, 5.74) is -0.0836. The van der Waals surface area contributed by atoms with E-state index < -0.39 is 0 Å². The van der Waals surface area contributed by atoms with E-state index in [2.05, 4.69) is 33.0 Å². The third-order valence-electron chi connectivity index (χ3n) is 4.47. The van der Waals surface area contributed by atoms with Crippen LogP contribution < -0.4 is 5.32 Å². The summed E-state index contributed by atoms with van der Waals surface area (Å²) in [7, 11) is 0. The summed E-state index contributed by atoms with van der Waals surface area (Å²) >= 11 is 0. The molecule has 1 unspecified atom stereocenters. The molecule has 1 N–H and O–H groups in total. The van der Waals surface area contributed by atoms with Gasteiger partial charge in [0.05, 0.1) is 23.9 Å². The molecule has 0 aromatic rings. The Morgan fingerprint density at radius 3 is 2.37 bits per heavy atom. The van der Waals surface area contributed by atoms with Crippen LogP contribution in [-0.4, -0.2) is 36.5 Å². The van der Waals surface area contributed by atoms with Gasteiger partial charge >= 0.3 is 0 Å². The largest absolute Gasteiger partial charge is 0.377 e. The van der Waals surface area contributed by atoms with Gasteiger partial charge in [-0.15, -0.1) is 0 Å². The minimum Gasteiger partial charge on any atom is -0.377 e. The first kappa shape index (κ1) is 15.3. The van der Waals surface area contributed by atoms with Crippen molar-refractivity contribution in [2.24, 2.45) is 0 Å². The predicted molar refractivity (Wildman–Crippen MR) is 78.5 cm³/mol. The van der Waals surface area contributed by atoms with Gasteiger partial charge in [-0.2, -0.15) is 0 Å². The lowest BCUT2D eigenvalue weighted by molar-refractivity contribution is -0.0703. The summed E-state index contributed by atoms with van der Waals surface area (Å²) in [5, 5.41) is 3.62. The summed E-state index contributed by atoms with van der Waals surface area (Å²) in [6.45, 7) is 10.5. The second kappa shape index (κ2) is 6.11. The highest BCUT2D eigenvalue weighted by Gasteiger charge is 2.45. The highest BCUT2D eigenvalue weighted by atomic mass is 16.5. The zero-order valence-electron chi connectivity index (χ0n) is 13.1. The van der Waals surface area contributed by atoms with Crippen LogP contribution in [0.4, 0.5) is 0 Å². The molecule has 19 heavy (non-hydrogen) atoms. The third-order valence-corrected chi connectivity index (χ3v) is 4.47. The van der Waals surface area contributed by atoms with Gasteiger partial charge in [-0.1, -0.05) is 19.3 Å². The normalized spacial score (nSPS) is 30.6. The van der Waals surface area contributed by atoms with Crippen LogP contribution >= 0.6 is 0 Å². The van der Waals surface area contributed by atoms with Crippen LogP contribution in [0.3, 0.4) is 0 Å². The second-order valence-corrected chi connectivity index (χ2v) is 7.31. The van der Waals surface area contributed by atoms with E-state index in [9.17, 15) is 0 Å². The second-order valence-electron chi connectivity index (χ2n) is 7.31. The lowest BCUT2D eigenvalue weighted by atomic mass is 9.94. The van der Waals surface area contributed by atoms with Crippen LogP contribution in [0.1, 0.15) is 66.2 Å². The average Bonchev–Trinajstić information content (AvgIpc) is 2.54. The molecule has 1 saturated carbocycles. The fourth-order valence-electron chi connectivity index (χ4n) is 3.57. The molecule has 1 atom stereocenters. The average molecular weight is 269 g/mol. The van der Waals surface area contributed by atoms with E-state index in [0.29, 0.717) is 12.1 Å². The summed E-state index contributed by atoms with van der Waals surface area (Å²) in [6, 6.07) is 0.428. The van der Waals surface area contributed by atoms with Gasteiger partial charge in [-0.05, 0) is 47.0 Å². The highest BCUT2D eigenvalue weighted by molar-refractivity contribution is 4.98. The Morgan fingerprint density at radius 1 is 1.11 bits per heavy atom. The van der Waals surface area contributed by atoms with E-state index in [0.717, 1.165) is 19.6 Å². The van der Waals surface area contributed by atoms with Crippen LogP contribution in [0.25, 0.3) is 0 Å². The fraction of sp³-hybridized carbons (Fsp3) is 1.00. The fourth-order valence-corrected chi connectivity index (χ4v) is 3.57. The molecule has 2 rings (SSSR count). The number of nitrogens with one attached hydrogen (secondary N) is 1. The molecule has 3 nitrogen and oxygen atoms in total. The maximum absolute atomic E-state index is 6.09. The third kappa shape index (κ3) is 4.44. The zero-order chi connectivity index (χ0) is 13.9. The first-order valence-corrected chi connectivity index (χ1v) is 7.94. The minimum atomic E-state index is -0.0751. The summed E-state index contributed by atoms with van der Waals surface area (Å²) in [4.78, 5) is 0. The molecule has 1 heterocycles. The minimum absolute atomic E-state index is 0.00854. The van der Waals surface area contributed by atoms with Crippen LogP contribution in [0.5, 0.6) is 0 Å². The number of ether oxygens (including phenoxy) is 2. The van der Waals surface area contributed by atoms with Gasteiger partial charge in [0.1, 0.15) is 0 Å². The molecule has 112 valence electrons. The monoisotopic (exact) mass is 269 g/mol. The van der Waals surface area contributed by atoms with Gasteiger partial charge < -0.3 is 14.8 Å². The number of hydrogen-bond acceptors (Lipinski definition) is 3. The molecule has 0 aromatic carbocycles. The van der Waals surface area contributed by atoms with Crippen molar-refractivity contribution >= 4 is 0 Å². The van der Waals surface area contributed by atoms with Crippen LogP contribution in [0.2, 0.25) is 0 Å². The lowest BCUT2D eigenvalue weighted by Crippen LogP contribution is -2.44. The molecule has 1 aliphatic carbocycles. The summed E-state index contributed by atoms with van der Waals surface area (Å²) < 4.78 is 12.1. The number of rotatable bonds is 5. The first-order valence-electron chi connectivity index (χ1n) is 7.94. The molecular formula is C16H31NO2. The highest BCUT2D eigenvalue weighted by Crippen LogP contribution is 2.37. The Bertz CT molecular complexity index is 282. The molecule has 0 aromatic heterocycles. The van der Waals surface area contributed by atoms with E-state index in [1.54, 1.807) is 0 Å². The van der Waals surface area contributed by atoms with Crippen molar-refractivity contribution in [1.29, 1.82) is 0 Å². The van der Waals surface area contributed by atoms with Crippen LogP contribution in [-0.2, 0) is 9.47 Å². The van der Waals surface area contributed by atoms with Crippen molar-refractivity contribution in [1.82, 2.24) is 5.32 Å². The standard InChI is InChI=1S/C16H31NO2/c1-15(2)12-14(16(3,4)19-15)17-10-11-18-13-8-6-5-7-9-13/h13-14,17H,5-12H2,1-4H3. The van der Waals surface area contributed by atoms with Crippen molar-refractivity contribution in [3.8, 4) is 0 Å². The molecular weight excluding hydrogens is 238 g/mol. The summed E-state index contributed by atoms with van der Waals surface area (Å²) in [5.74, 6) is 0. The van der Waals surface area contributed by atoms with Gasteiger partial charge in [-0.3, -0.25) is 0 Å². The van der Waals surface area contributed by atoms with Crippen molar-refractivity contribution in [3.63, 3.8) is 0 Å².